The zero-order valence-electron chi connectivity index (χ0n) is 15.0. The number of benzene rings is 2. The number of esters is 1. The molecule has 132 valence electrons. The maximum absolute atomic E-state index is 13.5. The van der Waals surface area contributed by atoms with Gasteiger partial charge in [0, 0.05) is 17.0 Å². The molecule has 0 amide bonds. The van der Waals surface area contributed by atoms with E-state index in [2.05, 4.69) is 0 Å². The molecule has 3 atom stereocenters. The monoisotopic (exact) mass is 348 g/mol. The van der Waals surface area contributed by atoms with Crippen LogP contribution in [0.5, 0.6) is 5.75 Å². The van der Waals surface area contributed by atoms with Gasteiger partial charge >= 0.3 is 5.97 Å². The summed E-state index contributed by atoms with van der Waals surface area (Å²) in [5.41, 5.74) is -0.163. The lowest BCUT2D eigenvalue weighted by Crippen LogP contribution is -2.38. The number of aryl methyl sites for hydroxylation is 1. The van der Waals surface area contributed by atoms with Crippen molar-refractivity contribution in [3.05, 3.63) is 65.2 Å². The first-order valence-corrected chi connectivity index (χ1v) is 8.85. The van der Waals surface area contributed by atoms with Crippen LogP contribution in [0, 0.1) is 17.8 Å². The van der Waals surface area contributed by atoms with E-state index in [4.69, 9.17) is 4.74 Å². The van der Waals surface area contributed by atoms with Crippen LogP contribution in [-0.4, -0.2) is 17.5 Å². The van der Waals surface area contributed by atoms with Gasteiger partial charge in [-0.1, -0.05) is 55.0 Å². The van der Waals surface area contributed by atoms with Crippen LogP contribution in [0.4, 0.5) is 0 Å². The molecule has 4 nitrogen and oxygen atoms in total. The van der Waals surface area contributed by atoms with Crippen molar-refractivity contribution in [1.29, 1.82) is 0 Å². The van der Waals surface area contributed by atoms with E-state index in [1.165, 1.54) is 6.92 Å². The van der Waals surface area contributed by atoms with Crippen LogP contribution in [-0.2, 0) is 9.59 Å². The average molecular weight is 348 g/mol. The molecular formula is C22H20O4. The van der Waals surface area contributed by atoms with Gasteiger partial charge in [0.05, 0.1) is 5.41 Å². The SMILES string of the molecule is CC[C@]1(C(=O)c2ccc(C)cc2)[C@@H]2c3ccccc3OC(=O)[C@@]21C(C)=O. The van der Waals surface area contributed by atoms with Crippen LogP contribution >= 0.6 is 0 Å². The molecule has 2 aromatic rings. The third-order valence-corrected chi connectivity index (χ3v) is 6.13. The highest BCUT2D eigenvalue weighted by Crippen LogP contribution is 2.80. The Balaban J connectivity index is 1.93. The lowest BCUT2D eigenvalue weighted by molar-refractivity contribution is -0.148. The number of ketones is 2. The van der Waals surface area contributed by atoms with E-state index < -0.39 is 22.7 Å². The van der Waals surface area contributed by atoms with E-state index in [-0.39, 0.29) is 11.6 Å². The average Bonchev–Trinajstić information content (AvgIpc) is 3.29. The van der Waals surface area contributed by atoms with Crippen molar-refractivity contribution in [2.45, 2.75) is 33.1 Å². The predicted molar refractivity (Wildman–Crippen MR) is 96.2 cm³/mol. The normalized spacial score (nSPS) is 28.6. The van der Waals surface area contributed by atoms with E-state index in [1.807, 2.05) is 38.1 Å². The molecule has 2 aliphatic rings. The van der Waals surface area contributed by atoms with Gasteiger partial charge < -0.3 is 4.74 Å². The third kappa shape index (κ3) is 1.77. The van der Waals surface area contributed by atoms with Gasteiger partial charge in [0.25, 0.3) is 0 Å². The summed E-state index contributed by atoms with van der Waals surface area (Å²) in [7, 11) is 0. The third-order valence-electron chi connectivity index (χ3n) is 6.13. The fourth-order valence-electron chi connectivity index (χ4n) is 4.90. The van der Waals surface area contributed by atoms with Gasteiger partial charge in [-0.05, 0) is 26.3 Å². The molecule has 1 heterocycles. The number of hydrogen-bond donors (Lipinski definition) is 0. The predicted octanol–water partition coefficient (Wildman–Crippen LogP) is 3.87. The summed E-state index contributed by atoms with van der Waals surface area (Å²) in [6.45, 7) is 5.21. The molecule has 0 unspecified atom stereocenters. The fourth-order valence-corrected chi connectivity index (χ4v) is 4.90. The number of para-hydroxylation sites is 1. The van der Waals surface area contributed by atoms with Crippen molar-refractivity contribution in [1.82, 2.24) is 0 Å². The minimum absolute atomic E-state index is 0.158. The first-order valence-electron chi connectivity index (χ1n) is 8.85. The van der Waals surface area contributed by atoms with Gasteiger partial charge in [0.2, 0.25) is 0 Å². The first kappa shape index (κ1) is 16.7. The number of fused-ring (bicyclic) bond motifs is 3. The van der Waals surface area contributed by atoms with Gasteiger partial charge in [-0.15, -0.1) is 0 Å². The van der Waals surface area contributed by atoms with Gasteiger partial charge in [0.15, 0.2) is 5.78 Å². The van der Waals surface area contributed by atoms with Crippen LogP contribution in [0.15, 0.2) is 48.5 Å². The van der Waals surface area contributed by atoms with Crippen LogP contribution in [0.1, 0.15) is 47.7 Å². The summed E-state index contributed by atoms with van der Waals surface area (Å²) in [4.78, 5) is 39.2. The lowest BCUT2D eigenvalue weighted by atomic mass is 9.81. The molecule has 0 saturated heterocycles. The number of Topliss-reactive ketones (excluding diaryl/α,β-unsaturated/α-hetero) is 2. The number of rotatable bonds is 4. The van der Waals surface area contributed by atoms with Gasteiger partial charge in [-0.3, -0.25) is 14.4 Å². The second-order valence-corrected chi connectivity index (χ2v) is 7.24. The molecule has 0 spiro atoms. The van der Waals surface area contributed by atoms with Gasteiger partial charge in [-0.25, -0.2) is 0 Å². The zero-order chi connectivity index (χ0) is 18.7. The highest BCUT2D eigenvalue weighted by molar-refractivity contribution is 6.21. The molecular weight excluding hydrogens is 328 g/mol. The van der Waals surface area contributed by atoms with E-state index in [0.717, 1.165) is 11.1 Å². The highest BCUT2D eigenvalue weighted by atomic mass is 16.5. The molecule has 0 aromatic heterocycles. The second kappa shape index (κ2) is 5.37. The zero-order valence-corrected chi connectivity index (χ0v) is 15.0. The van der Waals surface area contributed by atoms with Gasteiger partial charge in [0.1, 0.15) is 16.9 Å². The van der Waals surface area contributed by atoms with Crippen molar-refractivity contribution < 1.29 is 19.1 Å². The van der Waals surface area contributed by atoms with Crippen LogP contribution in [0.2, 0.25) is 0 Å². The fraction of sp³-hybridized carbons (Fsp3) is 0.318. The Morgan fingerprint density at radius 2 is 1.73 bits per heavy atom. The van der Waals surface area contributed by atoms with E-state index in [0.29, 0.717) is 17.7 Å². The van der Waals surface area contributed by atoms with Crippen molar-refractivity contribution in [2.24, 2.45) is 10.8 Å². The highest BCUT2D eigenvalue weighted by Gasteiger charge is 2.87. The second-order valence-electron chi connectivity index (χ2n) is 7.24. The molecule has 0 bridgehead atoms. The number of ether oxygens (including phenoxy) is 1. The van der Waals surface area contributed by atoms with Crippen molar-refractivity contribution in [3.63, 3.8) is 0 Å². The topological polar surface area (TPSA) is 60.4 Å². The van der Waals surface area contributed by atoms with Crippen molar-refractivity contribution in [3.8, 4) is 5.75 Å². The quantitative estimate of drug-likeness (QED) is 0.364. The lowest BCUT2D eigenvalue weighted by Gasteiger charge is -2.22. The van der Waals surface area contributed by atoms with Crippen LogP contribution in [0.25, 0.3) is 0 Å². The molecule has 1 aliphatic carbocycles. The number of hydrogen-bond acceptors (Lipinski definition) is 4. The summed E-state index contributed by atoms with van der Waals surface area (Å²) in [6.07, 6.45) is 0.396. The summed E-state index contributed by atoms with van der Waals surface area (Å²) in [6, 6.07) is 14.5. The smallest absolute Gasteiger partial charge is 0.326 e. The van der Waals surface area contributed by atoms with Crippen LogP contribution in [0.3, 0.4) is 0 Å². The number of carbonyl (C=O) groups is 3. The van der Waals surface area contributed by atoms with Gasteiger partial charge in [-0.2, -0.15) is 0 Å². The van der Waals surface area contributed by atoms with Crippen molar-refractivity contribution in [2.75, 3.05) is 0 Å². The molecule has 2 aromatic carbocycles. The first-order chi connectivity index (χ1) is 12.4. The number of carbonyl (C=O) groups excluding carboxylic acids is 3. The molecule has 1 saturated carbocycles. The molecule has 4 heteroatoms. The summed E-state index contributed by atoms with van der Waals surface area (Å²) in [5.74, 6) is -1.08. The molecule has 0 N–H and O–H groups in total. The molecule has 1 fully saturated rings. The molecule has 26 heavy (non-hydrogen) atoms. The van der Waals surface area contributed by atoms with Crippen LogP contribution < -0.4 is 4.74 Å². The largest absolute Gasteiger partial charge is 0.425 e. The Bertz CT molecular complexity index is 943. The summed E-state index contributed by atoms with van der Waals surface area (Å²) < 4.78 is 5.50. The maximum atomic E-state index is 13.5. The Morgan fingerprint density at radius 1 is 1.08 bits per heavy atom. The molecule has 0 radical (unpaired) electrons. The Morgan fingerprint density at radius 3 is 2.35 bits per heavy atom. The Kier molecular flexibility index (Phi) is 3.45. The summed E-state index contributed by atoms with van der Waals surface area (Å²) in [5, 5.41) is 0. The summed E-state index contributed by atoms with van der Waals surface area (Å²) >= 11 is 0. The minimum atomic E-state index is -1.42. The standard InChI is InChI=1S/C22H20O4/c1-4-21(19(24)15-11-9-13(2)10-12-15)18-16-7-5-6-8-17(16)26-20(25)22(18,21)14(3)23/h5-12,18H,4H2,1-3H3/t18-,21+,22+/m0/s1. The Labute approximate surface area is 152 Å². The van der Waals surface area contributed by atoms with E-state index in [1.54, 1.807) is 24.3 Å². The maximum Gasteiger partial charge on any atom is 0.326 e. The molecule has 4 rings (SSSR count). The molecule has 1 aliphatic heterocycles. The van der Waals surface area contributed by atoms with E-state index in [9.17, 15) is 14.4 Å². The Hall–Kier alpha value is -2.75. The van der Waals surface area contributed by atoms with E-state index >= 15 is 0 Å². The minimum Gasteiger partial charge on any atom is -0.425 e. The van der Waals surface area contributed by atoms with Crippen molar-refractivity contribution >= 4 is 17.5 Å².